The standard InChI is InChI=1S/C9H15NO2/c1-9(2,3)10-8(12)6-4-7(11)5-6/h6H,4-5H2,1-3H3,(H,10,12). The summed E-state index contributed by atoms with van der Waals surface area (Å²) in [6, 6.07) is 0. The molecule has 3 heteroatoms. The zero-order chi connectivity index (χ0) is 9.35. The lowest BCUT2D eigenvalue weighted by Crippen LogP contribution is -2.47. The minimum Gasteiger partial charge on any atom is -0.351 e. The second-order valence-corrected chi connectivity index (χ2v) is 4.38. The van der Waals surface area contributed by atoms with E-state index < -0.39 is 0 Å². The lowest BCUT2D eigenvalue weighted by Gasteiger charge is -2.28. The average molecular weight is 169 g/mol. The van der Waals surface area contributed by atoms with Crippen LogP contribution in [-0.4, -0.2) is 17.2 Å². The Labute approximate surface area is 72.5 Å². The molecule has 0 aromatic carbocycles. The van der Waals surface area contributed by atoms with Gasteiger partial charge in [-0.05, 0) is 20.8 Å². The highest BCUT2D eigenvalue weighted by atomic mass is 16.2. The molecule has 1 aliphatic rings. The van der Waals surface area contributed by atoms with Crippen LogP contribution in [0.1, 0.15) is 33.6 Å². The Hall–Kier alpha value is -0.860. The molecule has 1 aliphatic carbocycles. The van der Waals surface area contributed by atoms with E-state index in [0.717, 1.165) is 0 Å². The first-order valence-electron chi connectivity index (χ1n) is 4.22. The zero-order valence-electron chi connectivity index (χ0n) is 7.81. The largest absolute Gasteiger partial charge is 0.351 e. The number of carbonyl (C=O) groups is 2. The van der Waals surface area contributed by atoms with E-state index in [-0.39, 0.29) is 23.1 Å². The van der Waals surface area contributed by atoms with Crippen LogP contribution in [0.5, 0.6) is 0 Å². The second-order valence-electron chi connectivity index (χ2n) is 4.38. The summed E-state index contributed by atoms with van der Waals surface area (Å²) in [5.74, 6) is 0.155. The van der Waals surface area contributed by atoms with Gasteiger partial charge in [-0.3, -0.25) is 9.59 Å². The number of hydrogen-bond acceptors (Lipinski definition) is 2. The zero-order valence-corrected chi connectivity index (χ0v) is 7.81. The predicted octanol–water partition coefficient (Wildman–Crippen LogP) is 0.880. The molecule has 0 radical (unpaired) electrons. The Balaban J connectivity index is 2.35. The molecular formula is C9H15NO2. The molecule has 1 fully saturated rings. The van der Waals surface area contributed by atoms with Crippen LogP contribution in [0.4, 0.5) is 0 Å². The van der Waals surface area contributed by atoms with Crippen molar-refractivity contribution in [1.29, 1.82) is 0 Å². The monoisotopic (exact) mass is 169 g/mol. The van der Waals surface area contributed by atoms with E-state index in [4.69, 9.17) is 0 Å². The topological polar surface area (TPSA) is 46.2 Å². The van der Waals surface area contributed by atoms with Gasteiger partial charge in [-0.2, -0.15) is 0 Å². The van der Waals surface area contributed by atoms with Crippen molar-refractivity contribution in [3.8, 4) is 0 Å². The molecule has 0 atom stereocenters. The van der Waals surface area contributed by atoms with Gasteiger partial charge in [-0.25, -0.2) is 0 Å². The van der Waals surface area contributed by atoms with E-state index in [1.54, 1.807) is 0 Å². The number of nitrogens with one attached hydrogen (secondary N) is 1. The van der Waals surface area contributed by atoms with Gasteiger partial charge in [0.25, 0.3) is 0 Å². The van der Waals surface area contributed by atoms with Crippen molar-refractivity contribution in [3.05, 3.63) is 0 Å². The normalized spacial score (nSPS) is 18.8. The molecule has 0 heterocycles. The van der Waals surface area contributed by atoms with E-state index in [1.807, 2.05) is 20.8 Å². The molecule has 68 valence electrons. The molecule has 0 aromatic heterocycles. The fourth-order valence-corrected chi connectivity index (χ4v) is 1.15. The highest BCUT2D eigenvalue weighted by Crippen LogP contribution is 2.23. The van der Waals surface area contributed by atoms with Gasteiger partial charge < -0.3 is 5.32 Å². The fraction of sp³-hybridized carbons (Fsp3) is 0.778. The first kappa shape index (κ1) is 9.23. The third kappa shape index (κ3) is 2.32. The molecule has 1 rings (SSSR count). The summed E-state index contributed by atoms with van der Waals surface area (Å²) in [6.45, 7) is 5.81. The van der Waals surface area contributed by atoms with Gasteiger partial charge in [-0.15, -0.1) is 0 Å². The van der Waals surface area contributed by atoms with Crippen LogP contribution in [0.25, 0.3) is 0 Å². The number of rotatable bonds is 1. The van der Waals surface area contributed by atoms with Crippen molar-refractivity contribution >= 4 is 11.7 Å². The molecule has 0 saturated heterocycles. The van der Waals surface area contributed by atoms with E-state index >= 15 is 0 Å². The van der Waals surface area contributed by atoms with Gasteiger partial charge in [0.2, 0.25) is 5.91 Å². The number of ketones is 1. The number of Topliss-reactive ketones (excluding diaryl/α,β-unsaturated/α-hetero) is 1. The van der Waals surface area contributed by atoms with Crippen LogP contribution >= 0.6 is 0 Å². The van der Waals surface area contributed by atoms with Gasteiger partial charge in [0.1, 0.15) is 5.78 Å². The van der Waals surface area contributed by atoms with Crippen LogP contribution in [-0.2, 0) is 9.59 Å². The van der Waals surface area contributed by atoms with Crippen LogP contribution in [0, 0.1) is 5.92 Å². The van der Waals surface area contributed by atoms with Crippen LogP contribution < -0.4 is 5.32 Å². The maximum Gasteiger partial charge on any atom is 0.224 e. The molecule has 12 heavy (non-hydrogen) atoms. The third-order valence-corrected chi connectivity index (χ3v) is 1.82. The Morgan fingerprint density at radius 1 is 1.42 bits per heavy atom. The van der Waals surface area contributed by atoms with Gasteiger partial charge in [-0.1, -0.05) is 0 Å². The van der Waals surface area contributed by atoms with Crippen molar-refractivity contribution in [2.24, 2.45) is 5.92 Å². The van der Waals surface area contributed by atoms with Gasteiger partial charge >= 0.3 is 0 Å². The minimum atomic E-state index is -0.185. The van der Waals surface area contributed by atoms with E-state index in [0.29, 0.717) is 12.8 Å². The van der Waals surface area contributed by atoms with Crippen molar-refractivity contribution in [2.45, 2.75) is 39.2 Å². The smallest absolute Gasteiger partial charge is 0.224 e. The molecule has 1 N–H and O–H groups in total. The first-order valence-corrected chi connectivity index (χ1v) is 4.22. The Morgan fingerprint density at radius 3 is 2.25 bits per heavy atom. The molecule has 1 amide bonds. The molecule has 0 aromatic rings. The van der Waals surface area contributed by atoms with Gasteiger partial charge in [0.05, 0.1) is 5.92 Å². The quantitative estimate of drug-likeness (QED) is 0.633. The lowest BCUT2D eigenvalue weighted by molar-refractivity contribution is -0.138. The molecular weight excluding hydrogens is 154 g/mol. The maximum atomic E-state index is 11.3. The summed E-state index contributed by atoms with van der Waals surface area (Å²) >= 11 is 0. The van der Waals surface area contributed by atoms with E-state index in [2.05, 4.69) is 5.32 Å². The Bertz CT molecular complexity index is 207. The number of hydrogen-bond donors (Lipinski definition) is 1. The summed E-state index contributed by atoms with van der Waals surface area (Å²) in [5.41, 5.74) is -0.185. The van der Waals surface area contributed by atoms with Gasteiger partial charge in [0.15, 0.2) is 0 Å². The average Bonchev–Trinajstić information content (AvgIpc) is 1.76. The number of amides is 1. The fourth-order valence-electron chi connectivity index (χ4n) is 1.15. The molecule has 0 bridgehead atoms. The molecule has 0 spiro atoms. The Kier molecular flexibility index (Phi) is 2.22. The maximum absolute atomic E-state index is 11.3. The molecule has 3 nitrogen and oxygen atoms in total. The summed E-state index contributed by atoms with van der Waals surface area (Å²) in [7, 11) is 0. The van der Waals surface area contributed by atoms with Crippen molar-refractivity contribution < 1.29 is 9.59 Å². The first-order chi connectivity index (χ1) is 5.38. The summed E-state index contributed by atoms with van der Waals surface area (Å²) in [4.78, 5) is 21.9. The van der Waals surface area contributed by atoms with Gasteiger partial charge in [0, 0.05) is 18.4 Å². The van der Waals surface area contributed by atoms with Crippen molar-refractivity contribution in [3.63, 3.8) is 0 Å². The van der Waals surface area contributed by atoms with Crippen molar-refractivity contribution in [2.75, 3.05) is 0 Å². The van der Waals surface area contributed by atoms with E-state index in [1.165, 1.54) is 0 Å². The lowest BCUT2D eigenvalue weighted by atomic mass is 9.83. The summed E-state index contributed by atoms with van der Waals surface area (Å²) in [6.07, 6.45) is 0.865. The van der Waals surface area contributed by atoms with Crippen molar-refractivity contribution in [1.82, 2.24) is 5.32 Å². The minimum absolute atomic E-state index is 0.0158. The van der Waals surface area contributed by atoms with Crippen LogP contribution in [0.2, 0.25) is 0 Å². The van der Waals surface area contributed by atoms with Crippen LogP contribution in [0.15, 0.2) is 0 Å². The summed E-state index contributed by atoms with van der Waals surface area (Å²) in [5, 5.41) is 2.85. The summed E-state index contributed by atoms with van der Waals surface area (Å²) < 4.78 is 0. The predicted molar refractivity (Wildman–Crippen MR) is 45.6 cm³/mol. The molecule has 1 saturated carbocycles. The second kappa shape index (κ2) is 2.88. The van der Waals surface area contributed by atoms with Crippen LogP contribution in [0.3, 0.4) is 0 Å². The SMILES string of the molecule is CC(C)(C)NC(=O)C1CC(=O)C1. The molecule has 0 unspecified atom stereocenters. The Morgan fingerprint density at radius 2 is 1.92 bits per heavy atom. The highest BCUT2D eigenvalue weighted by molar-refractivity contribution is 5.96. The third-order valence-electron chi connectivity index (χ3n) is 1.82. The van der Waals surface area contributed by atoms with E-state index in [9.17, 15) is 9.59 Å². The number of carbonyl (C=O) groups excluding carboxylic acids is 2. The highest BCUT2D eigenvalue weighted by Gasteiger charge is 2.33. The molecule has 0 aliphatic heterocycles.